The normalized spacial score (nSPS) is 34.0. The topological polar surface area (TPSA) is 87.7 Å². The van der Waals surface area contributed by atoms with E-state index in [4.69, 9.17) is 4.74 Å². The number of anilines is 1. The van der Waals surface area contributed by atoms with Gasteiger partial charge in [0.1, 0.15) is 5.54 Å². The van der Waals surface area contributed by atoms with Crippen molar-refractivity contribution in [2.75, 3.05) is 25.6 Å². The molecule has 3 heterocycles. The van der Waals surface area contributed by atoms with Crippen molar-refractivity contribution in [3.8, 4) is 0 Å². The summed E-state index contributed by atoms with van der Waals surface area (Å²) in [7, 11) is 1.53. The molecule has 7 nitrogen and oxygen atoms in total. The molecule has 0 unspecified atom stereocenters. The summed E-state index contributed by atoms with van der Waals surface area (Å²) in [4.78, 5) is 39.8. The van der Waals surface area contributed by atoms with Crippen LogP contribution in [0.15, 0.2) is 24.3 Å². The summed E-state index contributed by atoms with van der Waals surface area (Å²) >= 11 is 0. The average Bonchev–Trinajstić information content (AvgIpc) is 3.12. The third-order valence-electron chi connectivity index (χ3n) is 5.38. The van der Waals surface area contributed by atoms with E-state index in [1.54, 1.807) is 0 Å². The van der Waals surface area contributed by atoms with Crippen LogP contribution in [0.1, 0.15) is 12.5 Å². The molecule has 2 fully saturated rings. The first-order chi connectivity index (χ1) is 11.5. The third-order valence-corrected chi connectivity index (χ3v) is 5.38. The molecule has 0 saturated carbocycles. The third kappa shape index (κ3) is 1.71. The number of benzene rings is 1. The molecule has 3 amide bonds. The molecular weight excluding hydrogens is 310 g/mol. The highest BCUT2D eigenvalue weighted by atomic mass is 16.5. The van der Waals surface area contributed by atoms with Gasteiger partial charge in [0.25, 0.3) is 0 Å². The smallest absolute Gasteiger partial charge is 0.250 e. The number of methoxy groups -OCH3 is 1. The summed E-state index contributed by atoms with van der Waals surface area (Å²) in [5.41, 5.74) is 0.262. The van der Waals surface area contributed by atoms with Gasteiger partial charge in [-0.1, -0.05) is 18.2 Å². The second kappa shape index (κ2) is 5.12. The van der Waals surface area contributed by atoms with Crippen molar-refractivity contribution < 1.29 is 19.1 Å². The van der Waals surface area contributed by atoms with Crippen molar-refractivity contribution in [2.24, 2.45) is 11.8 Å². The van der Waals surface area contributed by atoms with E-state index in [0.717, 1.165) is 5.56 Å². The van der Waals surface area contributed by atoms with Crippen molar-refractivity contribution in [3.63, 3.8) is 0 Å². The number of fused-ring (bicyclic) bond motifs is 4. The minimum Gasteiger partial charge on any atom is -0.383 e. The molecule has 7 heteroatoms. The first-order valence-corrected chi connectivity index (χ1v) is 8.05. The number of carbonyl (C=O) groups excluding carboxylic acids is 3. The predicted octanol–water partition coefficient (Wildman–Crippen LogP) is 0.0733. The number of amides is 3. The summed E-state index contributed by atoms with van der Waals surface area (Å²) in [6.07, 6.45) is 0. The fraction of sp³-hybridized carbons (Fsp3) is 0.471. The molecule has 126 valence electrons. The highest BCUT2D eigenvalue weighted by molar-refractivity contribution is 6.15. The van der Waals surface area contributed by atoms with Crippen LogP contribution in [0.3, 0.4) is 0 Å². The predicted molar refractivity (Wildman–Crippen MR) is 84.9 cm³/mol. The van der Waals surface area contributed by atoms with Crippen molar-refractivity contribution in [1.82, 2.24) is 10.2 Å². The van der Waals surface area contributed by atoms with Crippen LogP contribution in [0, 0.1) is 11.8 Å². The molecule has 24 heavy (non-hydrogen) atoms. The lowest BCUT2D eigenvalue weighted by Gasteiger charge is -2.29. The zero-order valence-electron chi connectivity index (χ0n) is 13.5. The number of hydrogen-bond acceptors (Lipinski definition) is 5. The molecule has 2 saturated heterocycles. The van der Waals surface area contributed by atoms with Gasteiger partial charge in [-0.3, -0.25) is 24.6 Å². The SMILES string of the molecule is COCCN1C(=O)[C@@H]2[C@H](C)N[C@@]3(C(=O)Nc4ccccc43)[C@@H]2C1=O. The van der Waals surface area contributed by atoms with Gasteiger partial charge in [-0.2, -0.15) is 0 Å². The van der Waals surface area contributed by atoms with Gasteiger partial charge in [-0.25, -0.2) is 0 Å². The molecule has 0 bridgehead atoms. The fourth-order valence-electron chi connectivity index (χ4n) is 4.38. The molecule has 4 atom stereocenters. The second-order valence-corrected chi connectivity index (χ2v) is 6.57. The zero-order valence-corrected chi connectivity index (χ0v) is 13.5. The Kier molecular flexibility index (Phi) is 3.26. The lowest BCUT2D eigenvalue weighted by atomic mass is 9.76. The van der Waals surface area contributed by atoms with Crippen LogP contribution in [0.5, 0.6) is 0 Å². The van der Waals surface area contributed by atoms with Crippen LogP contribution in [0.4, 0.5) is 5.69 Å². The number of nitrogens with one attached hydrogen (secondary N) is 2. The maximum atomic E-state index is 13.0. The second-order valence-electron chi connectivity index (χ2n) is 6.57. The zero-order chi connectivity index (χ0) is 17.1. The van der Waals surface area contributed by atoms with Gasteiger partial charge in [-0.15, -0.1) is 0 Å². The van der Waals surface area contributed by atoms with Gasteiger partial charge in [0, 0.05) is 24.4 Å². The number of ether oxygens (including phenoxy) is 1. The first-order valence-electron chi connectivity index (χ1n) is 8.05. The van der Waals surface area contributed by atoms with E-state index in [0.29, 0.717) is 5.69 Å². The fourth-order valence-corrected chi connectivity index (χ4v) is 4.38. The summed E-state index contributed by atoms with van der Waals surface area (Å²) in [5.74, 6) is -2.05. The van der Waals surface area contributed by atoms with E-state index in [2.05, 4.69) is 10.6 Å². The largest absolute Gasteiger partial charge is 0.383 e. The minimum absolute atomic E-state index is 0.216. The summed E-state index contributed by atoms with van der Waals surface area (Å²) in [5, 5.41) is 6.11. The van der Waals surface area contributed by atoms with Crippen molar-refractivity contribution >= 4 is 23.4 Å². The Bertz CT molecular complexity index is 749. The van der Waals surface area contributed by atoms with Crippen LogP contribution in [-0.2, 0) is 24.7 Å². The van der Waals surface area contributed by atoms with E-state index in [9.17, 15) is 14.4 Å². The highest BCUT2D eigenvalue weighted by Gasteiger charge is 2.69. The number of likely N-dealkylation sites (tertiary alicyclic amines) is 1. The van der Waals surface area contributed by atoms with Crippen LogP contribution < -0.4 is 10.6 Å². The molecule has 1 spiro atoms. The molecule has 0 radical (unpaired) electrons. The van der Waals surface area contributed by atoms with Gasteiger partial charge in [0.15, 0.2) is 0 Å². The molecule has 0 aliphatic carbocycles. The Morgan fingerprint density at radius 1 is 1.21 bits per heavy atom. The number of carbonyl (C=O) groups is 3. The first kappa shape index (κ1) is 15.3. The number of rotatable bonds is 3. The van der Waals surface area contributed by atoms with Crippen LogP contribution in [0.2, 0.25) is 0 Å². The molecule has 2 N–H and O–H groups in total. The van der Waals surface area contributed by atoms with Gasteiger partial charge in [0.2, 0.25) is 17.7 Å². The quantitative estimate of drug-likeness (QED) is 0.767. The molecule has 1 aromatic carbocycles. The molecule has 3 aliphatic heterocycles. The Labute approximate surface area is 139 Å². The molecule has 1 aromatic rings. The number of para-hydroxylation sites is 1. The maximum Gasteiger partial charge on any atom is 0.250 e. The molecule has 3 aliphatic rings. The Morgan fingerprint density at radius 3 is 2.71 bits per heavy atom. The van der Waals surface area contributed by atoms with Crippen molar-refractivity contribution in [1.29, 1.82) is 0 Å². The lowest BCUT2D eigenvalue weighted by Crippen LogP contribution is -2.53. The van der Waals surface area contributed by atoms with E-state index in [1.807, 2.05) is 31.2 Å². The van der Waals surface area contributed by atoms with Crippen molar-refractivity contribution in [2.45, 2.75) is 18.5 Å². The summed E-state index contributed by atoms with van der Waals surface area (Å²) in [6.45, 7) is 2.35. The van der Waals surface area contributed by atoms with Crippen LogP contribution in [0.25, 0.3) is 0 Å². The van der Waals surface area contributed by atoms with E-state index in [1.165, 1.54) is 12.0 Å². The Morgan fingerprint density at radius 2 is 1.96 bits per heavy atom. The van der Waals surface area contributed by atoms with Crippen LogP contribution >= 0.6 is 0 Å². The van der Waals surface area contributed by atoms with E-state index in [-0.39, 0.29) is 36.9 Å². The number of nitrogens with zero attached hydrogens (tertiary/aromatic N) is 1. The highest BCUT2D eigenvalue weighted by Crippen LogP contribution is 2.52. The van der Waals surface area contributed by atoms with Crippen LogP contribution in [-0.4, -0.2) is 48.9 Å². The summed E-state index contributed by atoms with van der Waals surface area (Å²) < 4.78 is 5.00. The van der Waals surface area contributed by atoms with Gasteiger partial charge in [-0.05, 0) is 13.0 Å². The lowest BCUT2D eigenvalue weighted by molar-refractivity contribution is -0.143. The minimum atomic E-state index is -1.17. The van der Waals surface area contributed by atoms with E-state index >= 15 is 0 Å². The summed E-state index contributed by atoms with van der Waals surface area (Å²) in [6, 6.07) is 7.05. The van der Waals surface area contributed by atoms with Crippen molar-refractivity contribution in [3.05, 3.63) is 29.8 Å². The number of hydrogen-bond donors (Lipinski definition) is 2. The Hall–Kier alpha value is -2.25. The average molecular weight is 329 g/mol. The molecular formula is C17H19N3O4. The molecule has 4 rings (SSSR count). The monoisotopic (exact) mass is 329 g/mol. The standard InChI is InChI=1S/C17H19N3O4/c1-9-12-13(15(22)20(14(12)21)7-8-24-2)17(19-9)10-5-3-4-6-11(10)18-16(17)23/h3-6,9,12-13,19H,7-8H2,1-2H3,(H,18,23)/t9-,12+,13-,17+/m0/s1. The molecule has 0 aromatic heterocycles. The van der Waals surface area contributed by atoms with Gasteiger partial charge < -0.3 is 10.1 Å². The number of imide groups is 1. The Balaban J connectivity index is 1.82. The van der Waals surface area contributed by atoms with Gasteiger partial charge in [0.05, 0.1) is 25.0 Å². The maximum absolute atomic E-state index is 13.0. The van der Waals surface area contributed by atoms with Gasteiger partial charge >= 0.3 is 0 Å². The van der Waals surface area contributed by atoms with E-state index < -0.39 is 17.4 Å².